The third kappa shape index (κ3) is 8.17. The molecule has 2 atom stereocenters. The number of fused-ring (bicyclic) bond motifs is 2. The maximum Gasteiger partial charge on any atom is 0.223 e. The number of hydrogen-bond acceptors (Lipinski definition) is 14. The van der Waals surface area contributed by atoms with Crippen molar-refractivity contribution < 1.29 is 0 Å². The molecule has 0 saturated carbocycles. The summed E-state index contributed by atoms with van der Waals surface area (Å²) in [4.78, 5) is 34.8. The maximum absolute atomic E-state index is 9.69. The van der Waals surface area contributed by atoms with Crippen LogP contribution in [0, 0.1) is 22.7 Å². The molecule has 0 aliphatic rings. The lowest BCUT2D eigenvalue weighted by molar-refractivity contribution is 0.925. The topological polar surface area (TPSA) is 175 Å². The highest BCUT2D eigenvalue weighted by Crippen LogP contribution is 2.32. The third-order valence-corrected chi connectivity index (χ3v) is 9.89. The first kappa shape index (κ1) is 33.7. The van der Waals surface area contributed by atoms with Gasteiger partial charge in [-0.1, -0.05) is 30.3 Å². The SMILES string of the molecule is N#CC(c1ccnc(NCc2cccnc2)n1)c1nc2ccccc2s1.N#CC(c1ccnc(NCc2ccncc2)n1)c1nc2ccccc2s1. The monoisotopic (exact) mass is 716 g/mol. The molecule has 2 N–H and O–H groups in total. The molecule has 0 spiro atoms. The van der Waals surface area contributed by atoms with Crippen molar-refractivity contribution in [1.29, 1.82) is 10.5 Å². The zero-order valence-electron chi connectivity index (χ0n) is 27.4. The largest absolute Gasteiger partial charge is 0.350 e. The van der Waals surface area contributed by atoms with Gasteiger partial charge in [0.15, 0.2) is 0 Å². The number of pyridine rings is 2. The van der Waals surface area contributed by atoms with Gasteiger partial charge in [-0.25, -0.2) is 29.9 Å². The summed E-state index contributed by atoms with van der Waals surface area (Å²) >= 11 is 3.04. The van der Waals surface area contributed by atoms with E-state index in [0.717, 1.165) is 41.6 Å². The Kier molecular flexibility index (Phi) is 10.6. The summed E-state index contributed by atoms with van der Waals surface area (Å²) in [6.07, 6.45) is 10.3. The van der Waals surface area contributed by atoms with Crippen LogP contribution in [0.2, 0.25) is 0 Å². The molecule has 52 heavy (non-hydrogen) atoms. The van der Waals surface area contributed by atoms with Gasteiger partial charge >= 0.3 is 0 Å². The van der Waals surface area contributed by atoms with Crippen LogP contribution in [-0.2, 0) is 13.1 Å². The number of anilines is 2. The van der Waals surface area contributed by atoms with Crippen LogP contribution in [0.4, 0.5) is 11.9 Å². The van der Waals surface area contributed by atoms with E-state index in [1.54, 1.807) is 49.3 Å². The van der Waals surface area contributed by atoms with E-state index < -0.39 is 11.8 Å². The summed E-state index contributed by atoms with van der Waals surface area (Å²) in [5.41, 5.74) is 5.19. The van der Waals surface area contributed by atoms with Gasteiger partial charge in [0.1, 0.15) is 21.9 Å². The Balaban J connectivity index is 0.000000162. The summed E-state index contributed by atoms with van der Waals surface area (Å²) < 4.78 is 2.12. The minimum absolute atomic E-state index is 0.479. The van der Waals surface area contributed by atoms with Crippen LogP contribution in [0.1, 0.15) is 44.4 Å². The number of aromatic nitrogens is 8. The number of nitriles is 2. The van der Waals surface area contributed by atoms with E-state index in [0.29, 0.717) is 36.4 Å². The highest BCUT2D eigenvalue weighted by Gasteiger charge is 2.21. The second kappa shape index (κ2) is 16.3. The minimum Gasteiger partial charge on any atom is -0.350 e. The van der Waals surface area contributed by atoms with Crippen molar-refractivity contribution in [1.82, 2.24) is 39.9 Å². The zero-order chi connectivity index (χ0) is 35.5. The van der Waals surface area contributed by atoms with Crippen LogP contribution in [0.25, 0.3) is 20.4 Å². The van der Waals surface area contributed by atoms with Crippen LogP contribution in [0.15, 0.2) is 122 Å². The average molecular weight is 717 g/mol. The number of benzene rings is 2. The quantitative estimate of drug-likeness (QED) is 0.143. The predicted octanol–water partition coefficient (Wildman–Crippen LogP) is 7.50. The molecule has 12 nitrogen and oxygen atoms in total. The first-order valence-electron chi connectivity index (χ1n) is 16.1. The van der Waals surface area contributed by atoms with Crippen LogP contribution in [0.5, 0.6) is 0 Å². The lowest BCUT2D eigenvalue weighted by Gasteiger charge is -2.08. The Morgan fingerprint density at radius 1 is 0.538 bits per heavy atom. The fraction of sp³-hybridized carbons (Fsp3) is 0.105. The van der Waals surface area contributed by atoms with Crippen molar-refractivity contribution in [3.63, 3.8) is 0 Å². The van der Waals surface area contributed by atoms with E-state index in [9.17, 15) is 10.5 Å². The highest BCUT2D eigenvalue weighted by molar-refractivity contribution is 7.19. The Bertz CT molecular complexity index is 2250. The van der Waals surface area contributed by atoms with Crippen LogP contribution >= 0.6 is 22.7 Å². The molecule has 14 heteroatoms. The maximum atomic E-state index is 9.69. The van der Waals surface area contributed by atoms with Gasteiger partial charge in [0.25, 0.3) is 0 Å². The Morgan fingerprint density at radius 3 is 1.58 bits per heavy atom. The van der Waals surface area contributed by atoms with Gasteiger partial charge in [0, 0.05) is 50.3 Å². The Morgan fingerprint density at radius 2 is 1.08 bits per heavy atom. The fourth-order valence-corrected chi connectivity index (χ4v) is 7.18. The van der Waals surface area contributed by atoms with E-state index in [1.165, 1.54) is 22.7 Å². The molecule has 0 saturated heterocycles. The first-order chi connectivity index (χ1) is 25.7. The molecule has 2 unspecified atom stereocenters. The second-order valence-electron chi connectivity index (χ2n) is 11.2. The van der Waals surface area contributed by atoms with Crippen LogP contribution in [-0.4, -0.2) is 39.9 Å². The van der Waals surface area contributed by atoms with Crippen molar-refractivity contribution in [2.45, 2.75) is 24.9 Å². The molecule has 0 fully saturated rings. The predicted molar refractivity (Wildman–Crippen MR) is 201 cm³/mol. The van der Waals surface area contributed by atoms with Gasteiger partial charge in [0.05, 0.1) is 44.0 Å². The lowest BCUT2D eigenvalue weighted by Crippen LogP contribution is -2.07. The fourth-order valence-electron chi connectivity index (χ4n) is 5.13. The van der Waals surface area contributed by atoms with Crippen LogP contribution < -0.4 is 10.6 Å². The summed E-state index contributed by atoms with van der Waals surface area (Å²) in [5, 5.41) is 27.2. The van der Waals surface area contributed by atoms with Crippen molar-refractivity contribution in [2.24, 2.45) is 0 Å². The molecule has 252 valence electrons. The van der Waals surface area contributed by atoms with Crippen LogP contribution in [0.3, 0.4) is 0 Å². The van der Waals surface area contributed by atoms with E-state index in [2.05, 4.69) is 62.6 Å². The normalized spacial score (nSPS) is 11.8. The van der Waals surface area contributed by atoms with Gasteiger partial charge in [-0.05, 0) is 65.7 Å². The molecule has 8 rings (SSSR count). The summed E-state index contributed by atoms with van der Waals surface area (Å²) in [5.74, 6) is -0.0698. The molecule has 0 amide bonds. The molecule has 0 aliphatic carbocycles. The Labute approximate surface area is 306 Å². The summed E-state index contributed by atoms with van der Waals surface area (Å²) in [6, 6.07) is 31.6. The van der Waals surface area contributed by atoms with Gasteiger partial charge < -0.3 is 10.6 Å². The summed E-state index contributed by atoms with van der Waals surface area (Å²) in [6.45, 7) is 1.15. The first-order valence-corrected chi connectivity index (χ1v) is 17.7. The molecular formula is C38H28N12S2. The smallest absolute Gasteiger partial charge is 0.223 e. The number of thiazole rings is 2. The third-order valence-electron chi connectivity index (χ3n) is 7.69. The number of nitrogens with one attached hydrogen (secondary N) is 2. The van der Waals surface area contributed by atoms with Crippen molar-refractivity contribution in [2.75, 3.05) is 10.6 Å². The van der Waals surface area contributed by atoms with E-state index in [4.69, 9.17) is 0 Å². The van der Waals surface area contributed by atoms with E-state index >= 15 is 0 Å². The van der Waals surface area contributed by atoms with Gasteiger partial charge in [-0.2, -0.15) is 10.5 Å². The molecule has 0 bridgehead atoms. The number of nitrogens with zero attached hydrogens (tertiary/aromatic N) is 10. The highest BCUT2D eigenvalue weighted by atomic mass is 32.1. The molecule has 8 aromatic rings. The van der Waals surface area contributed by atoms with Crippen molar-refractivity contribution in [3.05, 3.63) is 155 Å². The second-order valence-corrected chi connectivity index (χ2v) is 13.3. The molecule has 2 aromatic carbocycles. The van der Waals surface area contributed by atoms with Gasteiger partial charge in [-0.3, -0.25) is 9.97 Å². The standard InChI is InChI=1S/2C19H14N6S/c20-10-14(18-24-16-5-1-2-6-17(16)26-18)15-7-9-22-19(25-15)23-12-13-4-3-8-21-11-13;20-11-14(18-24-16-3-1-2-4-17(16)26-18)15-7-10-22-19(25-15)23-12-13-5-8-21-9-6-13/h1-9,11,14H,12H2,(H,22,23,25);1-10,14H,12H2,(H,22,23,25). The molecule has 0 radical (unpaired) electrons. The molecule has 6 heterocycles. The lowest BCUT2D eigenvalue weighted by atomic mass is 10.1. The number of hydrogen-bond donors (Lipinski definition) is 2. The average Bonchev–Trinajstić information content (AvgIpc) is 3.83. The number of para-hydroxylation sites is 2. The zero-order valence-corrected chi connectivity index (χ0v) is 29.0. The van der Waals surface area contributed by atoms with Gasteiger partial charge in [0.2, 0.25) is 11.9 Å². The molecular weight excluding hydrogens is 689 g/mol. The Hall–Kier alpha value is -6.74. The number of rotatable bonds is 10. The van der Waals surface area contributed by atoms with E-state index in [-0.39, 0.29) is 0 Å². The minimum atomic E-state index is -0.519. The van der Waals surface area contributed by atoms with Gasteiger partial charge in [-0.15, -0.1) is 22.7 Å². The molecule has 0 aliphatic heterocycles. The summed E-state index contributed by atoms with van der Waals surface area (Å²) in [7, 11) is 0. The molecule has 6 aromatic heterocycles. The van der Waals surface area contributed by atoms with Crippen molar-refractivity contribution >= 4 is 55.0 Å². The van der Waals surface area contributed by atoms with Crippen molar-refractivity contribution in [3.8, 4) is 12.1 Å². The van der Waals surface area contributed by atoms with E-state index in [1.807, 2.05) is 72.8 Å².